The van der Waals surface area contributed by atoms with Gasteiger partial charge in [0.05, 0.1) is 23.6 Å². The lowest BCUT2D eigenvalue weighted by Crippen LogP contribution is -2.16. The molecule has 5 rings (SSSR count). The maximum absolute atomic E-state index is 12.7. The van der Waals surface area contributed by atoms with E-state index in [1.54, 1.807) is 6.20 Å². The van der Waals surface area contributed by atoms with Crippen molar-refractivity contribution >= 4 is 23.4 Å². The molecular formula is C28H26N4O3S. The number of nitrogens with one attached hydrogen (secondary N) is 1. The van der Waals surface area contributed by atoms with Gasteiger partial charge in [0.1, 0.15) is 5.03 Å². The Morgan fingerprint density at radius 1 is 1.06 bits per heavy atom. The first-order valence-corrected chi connectivity index (χ1v) is 12.6. The molecule has 2 aromatic carbocycles. The summed E-state index contributed by atoms with van der Waals surface area (Å²) in [6.07, 6.45) is 2.16. The van der Waals surface area contributed by atoms with Crippen molar-refractivity contribution < 1.29 is 14.6 Å². The number of carbonyl (C=O) groups excluding carboxylic acids is 1. The molecule has 182 valence electrons. The summed E-state index contributed by atoms with van der Waals surface area (Å²) >= 11 is 1.35. The highest BCUT2D eigenvalue weighted by atomic mass is 32.2. The Hall–Kier alpha value is -3.75. The molecule has 0 radical (unpaired) electrons. The van der Waals surface area contributed by atoms with E-state index in [0.29, 0.717) is 34.5 Å². The molecule has 1 amide bonds. The van der Waals surface area contributed by atoms with Gasteiger partial charge in [0.15, 0.2) is 11.6 Å². The van der Waals surface area contributed by atoms with E-state index in [1.165, 1.54) is 11.8 Å². The molecular weight excluding hydrogens is 472 g/mol. The topological polar surface area (TPSA) is 97.2 Å². The first kappa shape index (κ1) is 24.0. The molecule has 4 aromatic rings. The summed E-state index contributed by atoms with van der Waals surface area (Å²) in [7, 11) is 0. The molecule has 7 nitrogen and oxygen atoms in total. The second kappa shape index (κ2) is 10.1. The van der Waals surface area contributed by atoms with Crippen LogP contribution in [0, 0.1) is 20.8 Å². The number of aromatic nitrogens is 3. The van der Waals surface area contributed by atoms with E-state index in [4.69, 9.17) is 14.7 Å². The zero-order valence-corrected chi connectivity index (χ0v) is 21.1. The van der Waals surface area contributed by atoms with Gasteiger partial charge in [-0.15, -0.1) is 0 Å². The first-order chi connectivity index (χ1) is 17.4. The molecule has 0 atom stereocenters. The first-order valence-electron chi connectivity index (χ1n) is 11.6. The number of hydrogen-bond acceptors (Lipinski definition) is 7. The number of anilines is 1. The minimum Gasteiger partial charge on any atom is -0.436 e. The van der Waals surface area contributed by atoms with Crippen molar-refractivity contribution in [1.82, 2.24) is 15.0 Å². The number of rotatable bonds is 6. The number of aliphatic hydroxyl groups is 1. The average Bonchev–Trinajstić information content (AvgIpc) is 2.88. The number of ether oxygens (including phenoxy) is 1. The van der Waals surface area contributed by atoms with Gasteiger partial charge in [0, 0.05) is 35.0 Å². The summed E-state index contributed by atoms with van der Waals surface area (Å²) in [5, 5.41) is 13.5. The fourth-order valence-corrected chi connectivity index (χ4v) is 4.92. The molecule has 2 N–H and O–H groups in total. The number of benzene rings is 2. The lowest BCUT2D eigenvalue weighted by molar-refractivity contribution is -0.113. The van der Waals surface area contributed by atoms with E-state index >= 15 is 0 Å². The third-order valence-electron chi connectivity index (χ3n) is 6.01. The van der Waals surface area contributed by atoms with Crippen LogP contribution in [0.3, 0.4) is 0 Å². The minimum absolute atomic E-state index is 0.124. The fraction of sp³-hybridized carbons (Fsp3) is 0.214. The molecule has 0 saturated carbocycles. The maximum atomic E-state index is 12.7. The lowest BCUT2D eigenvalue weighted by atomic mass is 9.99. The van der Waals surface area contributed by atoms with Gasteiger partial charge in [-0.2, -0.15) is 4.98 Å². The molecule has 0 bridgehead atoms. The molecule has 36 heavy (non-hydrogen) atoms. The average molecular weight is 499 g/mol. The Labute approximate surface area is 214 Å². The SMILES string of the molecule is Cc1ccc(NC(=O)CSc2nc(-c3cccc(C)c3)nc3c2Cc2c(CO)cnc(C)c2O3)cc1. The van der Waals surface area contributed by atoms with Crippen molar-refractivity contribution in [2.45, 2.75) is 38.8 Å². The molecule has 1 aliphatic rings. The standard InChI is InChI=1S/C28H26N4O3S/c1-16-7-9-21(10-8-16)30-24(34)15-36-28-23-12-22-20(14-33)13-29-18(3)25(22)35-27(23)31-26(32-28)19-6-4-5-17(2)11-19/h4-11,13,33H,12,14-15H2,1-3H3,(H,30,34). The third kappa shape index (κ3) is 4.96. The van der Waals surface area contributed by atoms with E-state index in [2.05, 4.69) is 10.3 Å². The minimum atomic E-state index is -0.141. The van der Waals surface area contributed by atoms with Crippen molar-refractivity contribution in [3.8, 4) is 23.0 Å². The van der Waals surface area contributed by atoms with Crippen LogP contribution in [0.2, 0.25) is 0 Å². The number of amides is 1. The van der Waals surface area contributed by atoms with Crippen LogP contribution in [0.25, 0.3) is 11.4 Å². The maximum Gasteiger partial charge on any atom is 0.234 e. The number of thioether (sulfide) groups is 1. The Balaban J connectivity index is 1.49. The number of pyridine rings is 1. The summed E-state index contributed by atoms with van der Waals surface area (Å²) < 4.78 is 6.26. The number of fused-ring (bicyclic) bond motifs is 2. The molecule has 8 heteroatoms. The number of aryl methyl sites for hydroxylation is 3. The van der Waals surface area contributed by atoms with Crippen molar-refractivity contribution in [2.75, 3.05) is 11.1 Å². The molecule has 0 unspecified atom stereocenters. The quantitative estimate of drug-likeness (QED) is 0.239. The van der Waals surface area contributed by atoms with E-state index in [0.717, 1.165) is 39.2 Å². The molecule has 0 fully saturated rings. The van der Waals surface area contributed by atoms with Crippen molar-refractivity contribution in [3.63, 3.8) is 0 Å². The number of nitrogens with zero attached hydrogens (tertiary/aromatic N) is 3. The van der Waals surface area contributed by atoms with Crippen LogP contribution in [-0.2, 0) is 17.8 Å². The second-order valence-electron chi connectivity index (χ2n) is 8.82. The van der Waals surface area contributed by atoms with Crippen LogP contribution in [0.4, 0.5) is 5.69 Å². The molecule has 0 aliphatic carbocycles. The van der Waals surface area contributed by atoms with E-state index in [1.807, 2.05) is 69.3 Å². The van der Waals surface area contributed by atoms with Gasteiger partial charge in [0.2, 0.25) is 11.8 Å². The van der Waals surface area contributed by atoms with Gasteiger partial charge in [-0.1, -0.05) is 53.2 Å². The van der Waals surface area contributed by atoms with E-state index < -0.39 is 0 Å². The number of hydrogen-bond donors (Lipinski definition) is 2. The van der Waals surface area contributed by atoms with Crippen molar-refractivity contribution in [1.29, 1.82) is 0 Å². The molecule has 0 spiro atoms. The van der Waals surface area contributed by atoms with Crippen LogP contribution < -0.4 is 10.1 Å². The predicted octanol–water partition coefficient (Wildman–Crippen LogP) is 5.38. The Morgan fingerprint density at radius 3 is 2.61 bits per heavy atom. The number of carbonyl (C=O) groups is 1. The molecule has 1 aliphatic heterocycles. The summed E-state index contributed by atoms with van der Waals surface area (Å²) in [5.41, 5.74) is 6.96. The van der Waals surface area contributed by atoms with Crippen LogP contribution >= 0.6 is 11.8 Å². The highest BCUT2D eigenvalue weighted by molar-refractivity contribution is 8.00. The third-order valence-corrected chi connectivity index (χ3v) is 7.03. The number of aliphatic hydroxyl groups excluding tert-OH is 1. The Morgan fingerprint density at radius 2 is 1.86 bits per heavy atom. The molecule has 3 heterocycles. The van der Waals surface area contributed by atoms with E-state index in [-0.39, 0.29) is 18.3 Å². The summed E-state index contributed by atoms with van der Waals surface area (Å²) in [4.78, 5) is 26.7. The molecule has 2 aromatic heterocycles. The van der Waals surface area contributed by atoms with Gasteiger partial charge in [0.25, 0.3) is 0 Å². The fourth-order valence-electron chi connectivity index (χ4n) is 4.09. The zero-order chi connectivity index (χ0) is 25.2. The van der Waals surface area contributed by atoms with Crippen LogP contribution in [0.15, 0.2) is 59.8 Å². The van der Waals surface area contributed by atoms with Gasteiger partial charge >= 0.3 is 0 Å². The monoisotopic (exact) mass is 498 g/mol. The summed E-state index contributed by atoms with van der Waals surface area (Å²) in [6, 6.07) is 15.7. The van der Waals surface area contributed by atoms with Crippen molar-refractivity contribution in [2.24, 2.45) is 0 Å². The van der Waals surface area contributed by atoms with Crippen molar-refractivity contribution in [3.05, 3.63) is 88.2 Å². The smallest absolute Gasteiger partial charge is 0.234 e. The Bertz CT molecular complexity index is 1450. The largest absolute Gasteiger partial charge is 0.436 e. The van der Waals surface area contributed by atoms with E-state index in [9.17, 15) is 9.90 Å². The van der Waals surface area contributed by atoms with Crippen LogP contribution in [0.1, 0.15) is 33.5 Å². The van der Waals surface area contributed by atoms with Gasteiger partial charge < -0.3 is 15.2 Å². The lowest BCUT2D eigenvalue weighted by Gasteiger charge is -2.24. The molecule has 0 saturated heterocycles. The van der Waals surface area contributed by atoms with Gasteiger partial charge in [-0.3, -0.25) is 9.78 Å². The van der Waals surface area contributed by atoms with Gasteiger partial charge in [-0.05, 0) is 39.0 Å². The summed E-state index contributed by atoms with van der Waals surface area (Å²) in [5.74, 6) is 1.67. The highest BCUT2D eigenvalue weighted by Gasteiger charge is 2.28. The van der Waals surface area contributed by atoms with Gasteiger partial charge in [-0.25, -0.2) is 4.98 Å². The zero-order valence-electron chi connectivity index (χ0n) is 20.3. The Kier molecular flexibility index (Phi) is 6.71. The normalized spacial score (nSPS) is 11.9. The predicted molar refractivity (Wildman–Crippen MR) is 141 cm³/mol. The van der Waals surface area contributed by atoms with Crippen LogP contribution in [0.5, 0.6) is 11.6 Å². The highest BCUT2D eigenvalue weighted by Crippen LogP contribution is 2.42. The second-order valence-corrected chi connectivity index (χ2v) is 9.79. The summed E-state index contributed by atoms with van der Waals surface area (Å²) in [6.45, 7) is 5.76. The van der Waals surface area contributed by atoms with Crippen LogP contribution in [-0.4, -0.2) is 31.7 Å².